The number of Topliss-reactive ketones (excluding diaryl/α,β-unsaturated/α-hetero) is 1. The topological polar surface area (TPSA) is 37.4 Å². The largest absolute Gasteiger partial charge is 0.293 e. The molecule has 1 atom stereocenters. The van der Waals surface area contributed by atoms with Crippen LogP contribution in [0.15, 0.2) is 84.9 Å². The lowest BCUT2D eigenvalue weighted by Gasteiger charge is -2.24. The Kier molecular flexibility index (Phi) is 3.47. The van der Waals surface area contributed by atoms with Crippen molar-refractivity contribution in [2.24, 2.45) is 0 Å². The zero-order chi connectivity index (χ0) is 16.5. The summed E-state index contributed by atoms with van der Waals surface area (Å²) in [6.45, 7) is 0. The highest BCUT2D eigenvalue weighted by Crippen LogP contribution is 2.39. The average Bonchev–Trinajstić information content (AvgIpc) is 2.95. The summed E-state index contributed by atoms with van der Waals surface area (Å²) in [6.07, 6.45) is 0. The van der Waals surface area contributed by atoms with Crippen LogP contribution in [0.3, 0.4) is 0 Å². The Labute approximate surface area is 140 Å². The Morgan fingerprint density at radius 1 is 0.750 bits per heavy atom. The second kappa shape index (κ2) is 5.78. The number of hydrogen-bond acceptors (Lipinski definition) is 2. The van der Waals surface area contributed by atoms with Crippen molar-refractivity contribution in [2.75, 3.05) is 4.90 Å². The van der Waals surface area contributed by atoms with Gasteiger partial charge in [0.15, 0.2) is 5.78 Å². The standard InChI is InChI=1S/C21H15NO2/c23-20(15-9-3-1-4-10-15)19-17-13-7-8-14-18(17)21(24)22(19)16-11-5-2-6-12-16/h1-14,19H. The van der Waals surface area contributed by atoms with Gasteiger partial charge in [0.2, 0.25) is 0 Å². The number of anilines is 1. The number of rotatable bonds is 3. The van der Waals surface area contributed by atoms with Crippen LogP contribution in [0.25, 0.3) is 0 Å². The molecule has 1 unspecified atom stereocenters. The molecular formula is C21H15NO2. The molecule has 0 aliphatic carbocycles. The first-order valence-electron chi connectivity index (χ1n) is 7.84. The highest BCUT2D eigenvalue weighted by molar-refractivity contribution is 6.18. The fraction of sp³-hybridized carbons (Fsp3) is 0.0476. The number of ketones is 1. The summed E-state index contributed by atoms with van der Waals surface area (Å²) in [6, 6.07) is 25.2. The molecule has 3 heteroatoms. The van der Waals surface area contributed by atoms with Crippen molar-refractivity contribution in [3.8, 4) is 0 Å². The molecule has 1 aliphatic heterocycles. The first-order chi connectivity index (χ1) is 11.8. The van der Waals surface area contributed by atoms with Crippen LogP contribution < -0.4 is 4.90 Å². The normalized spacial score (nSPS) is 16.1. The monoisotopic (exact) mass is 313 g/mol. The molecule has 0 spiro atoms. The lowest BCUT2D eigenvalue weighted by Crippen LogP contribution is -2.32. The second-order valence-corrected chi connectivity index (χ2v) is 5.73. The number of para-hydroxylation sites is 1. The van der Waals surface area contributed by atoms with Crippen molar-refractivity contribution in [3.63, 3.8) is 0 Å². The van der Waals surface area contributed by atoms with Gasteiger partial charge in [-0.25, -0.2) is 0 Å². The third-order valence-electron chi connectivity index (χ3n) is 4.30. The highest BCUT2D eigenvalue weighted by atomic mass is 16.2. The minimum atomic E-state index is -0.626. The number of fused-ring (bicyclic) bond motifs is 1. The number of hydrogen-bond donors (Lipinski definition) is 0. The molecule has 0 fully saturated rings. The van der Waals surface area contributed by atoms with E-state index in [9.17, 15) is 9.59 Å². The third kappa shape index (κ3) is 2.22. The van der Waals surface area contributed by atoms with Gasteiger partial charge in [-0.3, -0.25) is 14.5 Å². The molecule has 1 amide bonds. The van der Waals surface area contributed by atoms with Gasteiger partial charge in [-0.15, -0.1) is 0 Å². The van der Waals surface area contributed by atoms with Crippen molar-refractivity contribution in [1.29, 1.82) is 0 Å². The van der Waals surface area contributed by atoms with Gasteiger partial charge in [0.05, 0.1) is 0 Å². The van der Waals surface area contributed by atoms with E-state index in [4.69, 9.17) is 0 Å². The molecule has 1 aliphatic rings. The summed E-state index contributed by atoms with van der Waals surface area (Å²) in [4.78, 5) is 27.7. The summed E-state index contributed by atoms with van der Waals surface area (Å²) >= 11 is 0. The maximum atomic E-state index is 13.1. The van der Waals surface area contributed by atoms with Gasteiger partial charge in [0, 0.05) is 16.8 Å². The lowest BCUT2D eigenvalue weighted by molar-refractivity contribution is 0.0916. The van der Waals surface area contributed by atoms with Gasteiger partial charge in [0.25, 0.3) is 5.91 Å². The van der Waals surface area contributed by atoms with Gasteiger partial charge >= 0.3 is 0 Å². The molecule has 3 aromatic rings. The fourth-order valence-electron chi connectivity index (χ4n) is 3.19. The zero-order valence-electron chi connectivity index (χ0n) is 12.9. The summed E-state index contributed by atoms with van der Waals surface area (Å²) in [5.74, 6) is -0.205. The van der Waals surface area contributed by atoms with Gasteiger partial charge < -0.3 is 0 Å². The number of carbonyl (C=O) groups excluding carboxylic acids is 2. The van der Waals surface area contributed by atoms with E-state index < -0.39 is 6.04 Å². The molecule has 0 saturated carbocycles. The number of nitrogens with zero attached hydrogens (tertiary/aromatic N) is 1. The molecule has 24 heavy (non-hydrogen) atoms. The van der Waals surface area contributed by atoms with Crippen LogP contribution in [0.2, 0.25) is 0 Å². The predicted molar refractivity (Wildman–Crippen MR) is 93.2 cm³/mol. The second-order valence-electron chi connectivity index (χ2n) is 5.73. The van der Waals surface area contributed by atoms with E-state index in [0.29, 0.717) is 11.1 Å². The minimum Gasteiger partial charge on any atom is -0.293 e. The van der Waals surface area contributed by atoms with Crippen LogP contribution in [-0.4, -0.2) is 11.7 Å². The third-order valence-corrected chi connectivity index (χ3v) is 4.30. The zero-order valence-corrected chi connectivity index (χ0v) is 12.9. The quantitative estimate of drug-likeness (QED) is 0.677. The maximum absolute atomic E-state index is 13.1. The van der Waals surface area contributed by atoms with Crippen molar-refractivity contribution in [3.05, 3.63) is 102 Å². The Morgan fingerprint density at radius 3 is 2.04 bits per heavy atom. The first-order valence-corrected chi connectivity index (χ1v) is 7.84. The van der Waals surface area contributed by atoms with E-state index in [1.807, 2.05) is 66.7 Å². The fourth-order valence-corrected chi connectivity index (χ4v) is 3.19. The number of amides is 1. The smallest absolute Gasteiger partial charge is 0.259 e. The Hall–Kier alpha value is -3.20. The lowest BCUT2D eigenvalue weighted by atomic mass is 9.96. The minimum absolute atomic E-state index is 0.0715. The van der Waals surface area contributed by atoms with E-state index in [0.717, 1.165) is 11.3 Å². The molecule has 1 heterocycles. The first kappa shape index (κ1) is 14.4. The van der Waals surface area contributed by atoms with Crippen molar-refractivity contribution >= 4 is 17.4 Å². The predicted octanol–water partition coefficient (Wildman–Crippen LogP) is 4.27. The maximum Gasteiger partial charge on any atom is 0.259 e. The van der Waals surface area contributed by atoms with Gasteiger partial charge in [-0.1, -0.05) is 66.7 Å². The average molecular weight is 313 g/mol. The number of benzene rings is 3. The Bertz CT molecular complexity index is 903. The van der Waals surface area contributed by atoms with Crippen LogP contribution >= 0.6 is 0 Å². The Morgan fingerprint density at radius 2 is 1.33 bits per heavy atom. The van der Waals surface area contributed by atoms with E-state index in [1.54, 1.807) is 23.1 Å². The molecule has 0 bridgehead atoms. The van der Waals surface area contributed by atoms with E-state index in [1.165, 1.54) is 0 Å². The summed E-state index contributed by atoms with van der Waals surface area (Å²) in [5.41, 5.74) is 2.69. The molecule has 0 N–H and O–H groups in total. The van der Waals surface area contributed by atoms with E-state index >= 15 is 0 Å². The van der Waals surface area contributed by atoms with Crippen molar-refractivity contribution in [1.82, 2.24) is 0 Å². The molecule has 0 saturated heterocycles. The van der Waals surface area contributed by atoms with Crippen LogP contribution in [0.1, 0.15) is 32.3 Å². The molecule has 0 aromatic heterocycles. The van der Waals surface area contributed by atoms with Crippen LogP contribution in [0.4, 0.5) is 5.69 Å². The van der Waals surface area contributed by atoms with Gasteiger partial charge in [0.1, 0.15) is 6.04 Å². The molecule has 116 valence electrons. The molecule has 3 nitrogen and oxygen atoms in total. The van der Waals surface area contributed by atoms with Gasteiger partial charge in [-0.2, -0.15) is 0 Å². The van der Waals surface area contributed by atoms with Crippen molar-refractivity contribution in [2.45, 2.75) is 6.04 Å². The molecule has 4 rings (SSSR count). The van der Waals surface area contributed by atoms with Crippen molar-refractivity contribution < 1.29 is 9.59 Å². The SMILES string of the molecule is O=C(c1ccccc1)C1c2ccccc2C(=O)N1c1ccccc1. The highest BCUT2D eigenvalue weighted by Gasteiger charge is 2.41. The summed E-state index contributed by atoms with van der Waals surface area (Å²) < 4.78 is 0. The summed E-state index contributed by atoms with van der Waals surface area (Å²) in [5, 5.41) is 0. The molecular weight excluding hydrogens is 298 g/mol. The number of carbonyl (C=O) groups is 2. The van der Waals surface area contributed by atoms with E-state index in [2.05, 4.69) is 0 Å². The van der Waals surface area contributed by atoms with Gasteiger partial charge in [-0.05, 0) is 23.8 Å². The molecule has 3 aromatic carbocycles. The summed E-state index contributed by atoms with van der Waals surface area (Å²) in [7, 11) is 0. The molecule has 0 radical (unpaired) electrons. The van der Waals surface area contributed by atoms with Crippen LogP contribution in [0.5, 0.6) is 0 Å². The Balaban J connectivity index is 1.87. The van der Waals surface area contributed by atoms with Crippen LogP contribution in [0, 0.1) is 0 Å². The van der Waals surface area contributed by atoms with Crippen LogP contribution in [-0.2, 0) is 0 Å². The van der Waals surface area contributed by atoms with E-state index in [-0.39, 0.29) is 11.7 Å².